The molecule has 3 nitrogen and oxygen atoms in total. The van der Waals surface area contributed by atoms with Crippen molar-refractivity contribution in [2.24, 2.45) is 0 Å². The van der Waals surface area contributed by atoms with E-state index in [1.54, 1.807) is 0 Å². The van der Waals surface area contributed by atoms with Gasteiger partial charge in [0.15, 0.2) is 0 Å². The fourth-order valence-corrected chi connectivity index (χ4v) is 1.78. The minimum atomic E-state index is -0.468. The zero-order valence-corrected chi connectivity index (χ0v) is 11.0. The number of aliphatic hydroxyl groups is 1. The van der Waals surface area contributed by atoms with E-state index in [-0.39, 0.29) is 0 Å². The molecule has 0 heterocycles. The van der Waals surface area contributed by atoms with Gasteiger partial charge in [-0.25, -0.2) is 0 Å². The summed E-state index contributed by atoms with van der Waals surface area (Å²) in [6.45, 7) is 3.44. The van der Waals surface area contributed by atoms with Crippen molar-refractivity contribution < 1.29 is 14.6 Å². The summed E-state index contributed by atoms with van der Waals surface area (Å²) in [5, 5.41) is 10.1. The van der Waals surface area contributed by atoms with Crippen molar-refractivity contribution in [2.75, 3.05) is 13.2 Å². The maximum Gasteiger partial charge on any atom is 0.120 e. The fraction of sp³-hybridized carbons (Fsp3) is 0.600. The molecule has 1 N–H and O–H groups in total. The highest BCUT2D eigenvalue weighted by molar-refractivity contribution is 5.30. The van der Waals surface area contributed by atoms with Gasteiger partial charge in [0.05, 0.1) is 12.2 Å². The molecule has 0 radical (unpaired) electrons. The Hall–Kier alpha value is -1.06. The SMILES string of the molecule is CCCOCCC(O)c1cccc(OC2CC2)c1. The molecule has 3 heteroatoms. The Morgan fingerprint density at radius 3 is 2.89 bits per heavy atom. The molecule has 0 spiro atoms. The Kier molecular flexibility index (Phi) is 5.02. The van der Waals surface area contributed by atoms with Crippen LogP contribution in [-0.2, 0) is 4.74 Å². The molecule has 1 aliphatic rings. The summed E-state index contributed by atoms with van der Waals surface area (Å²) in [6.07, 6.45) is 3.87. The molecule has 0 bridgehead atoms. The van der Waals surface area contributed by atoms with E-state index in [4.69, 9.17) is 9.47 Å². The van der Waals surface area contributed by atoms with Gasteiger partial charge in [-0.1, -0.05) is 19.1 Å². The average molecular weight is 250 g/mol. The van der Waals surface area contributed by atoms with E-state index < -0.39 is 6.10 Å². The Balaban J connectivity index is 1.82. The summed E-state index contributed by atoms with van der Waals surface area (Å²) in [7, 11) is 0. The lowest BCUT2D eigenvalue weighted by molar-refractivity contribution is 0.0820. The highest BCUT2D eigenvalue weighted by Gasteiger charge is 2.23. The van der Waals surface area contributed by atoms with E-state index in [1.165, 1.54) is 0 Å². The van der Waals surface area contributed by atoms with Crippen LogP contribution in [0, 0.1) is 0 Å². The third kappa shape index (κ3) is 4.31. The standard InChI is InChI=1S/C15H22O3/c1-2-9-17-10-8-15(16)12-4-3-5-14(11-12)18-13-6-7-13/h3-5,11,13,15-16H,2,6-10H2,1H3. The second kappa shape index (κ2) is 6.76. The van der Waals surface area contributed by atoms with Crippen LogP contribution in [0.15, 0.2) is 24.3 Å². The molecule has 1 aliphatic carbocycles. The molecule has 0 saturated heterocycles. The van der Waals surface area contributed by atoms with E-state index in [0.29, 0.717) is 19.1 Å². The molecule has 1 fully saturated rings. The summed E-state index contributed by atoms with van der Waals surface area (Å²) < 4.78 is 11.1. The molecule has 100 valence electrons. The molecule has 1 unspecified atom stereocenters. The molecular weight excluding hydrogens is 228 g/mol. The summed E-state index contributed by atoms with van der Waals surface area (Å²) in [5.74, 6) is 0.864. The zero-order valence-electron chi connectivity index (χ0n) is 11.0. The zero-order chi connectivity index (χ0) is 12.8. The Morgan fingerprint density at radius 1 is 1.33 bits per heavy atom. The highest BCUT2D eigenvalue weighted by atomic mass is 16.5. The van der Waals surface area contributed by atoms with Gasteiger partial charge in [-0.05, 0) is 37.0 Å². The normalized spacial score (nSPS) is 16.6. The van der Waals surface area contributed by atoms with Crippen molar-refractivity contribution >= 4 is 0 Å². The van der Waals surface area contributed by atoms with E-state index in [0.717, 1.165) is 37.2 Å². The van der Waals surface area contributed by atoms with Crippen LogP contribution >= 0.6 is 0 Å². The predicted octanol–water partition coefficient (Wildman–Crippen LogP) is 3.08. The van der Waals surface area contributed by atoms with Gasteiger partial charge in [-0.3, -0.25) is 0 Å². The quantitative estimate of drug-likeness (QED) is 0.721. The van der Waals surface area contributed by atoms with E-state index in [2.05, 4.69) is 6.92 Å². The van der Waals surface area contributed by atoms with Crippen molar-refractivity contribution in [1.29, 1.82) is 0 Å². The molecular formula is C15H22O3. The van der Waals surface area contributed by atoms with Gasteiger partial charge in [-0.15, -0.1) is 0 Å². The van der Waals surface area contributed by atoms with Gasteiger partial charge in [-0.2, -0.15) is 0 Å². The highest BCUT2D eigenvalue weighted by Crippen LogP contribution is 2.28. The van der Waals surface area contributed by atoms with Crippen LogP contribution in [0.2, 0.25) is 0 Å². The lowest BCUT2D eigenvalue weighted by Gasteiger charge is -2.13. The lowest BCUT2D eigenvalue weighted by atomic mass is 10.1. The molecule has 0 amide bonds. The van der Waals surface area contributed by atoms with Crippen LogP contribution in [-0.4, -0.2) is 24.4 Å². The molecule has 0 aromatic heterocycles. The number of aliphatic hydroxyl groups excluding tert-OH is 1. The van der Waals surface area contributed by atoms with Crippen molar-refractivity contribution in [3.05, 3.63) is 29.8 Å². The van der Waals surface area contributed by atoms with E-state index >= 15 is 0 Å². The molecule has 1 atom stereocenters. The third-order valence-corrected chi connectivity index (χ3v) is 2.95. The number of ether oxygens (including phenoxy) is 2. The van der Waals surface area contributed by atoms with Crippen LogP contribution in [0.3, 0.4) is 0 Å². The Labute approximate surface area is 109 Å². The molecule has 18 heavy (non-hydrogen) atoms. The van der Waals surface area contributed by atoms with Gasteiger partial charge < -0.3 is 14.6 Å². The summed E-state index contributed by atoms with van der Waals surface area (Å²) in [6, 6.07) is 7.75. The monoisotopic (exact) mass is 250 g/mol. The van der Waals surface area contributed by atoms with Crippen LogP contribution in [0.1, 0.15) is 44.3 Å². The largest absolute Gasteiger partial charge is 0.490 e. The van der Waals surface area contributed by atoms with Gasteiger partial charge in [0.2, 0.25) is 0 Å². The molecule has 1 aromatic carbocycles. The molecule has 1 saturated carbocycles. The van der Waals surface area contributed by atoms with Crippen molar-refractivity contribution in [3.8, 4) is 5.75 Å². The first kappa shape index (κ1) is 13.4. The third-order valence-electron chi connectivity index (χ3n) is 2.95. The van der Waals surface area contributed by atoms with Crippen LogP contribution in [0.4, 0.5) is 0 Å². The Bertz CT molecular complexity index is 361. The number of hydrogen-bond donors (Lipinski definition) is 1. The van der Waals surface area contributed by atoms with Crippen molar-refractivity contribution in [1.82, 2.24) is 0 Å². The number of rotatable bonds is 8. The van der Waals surface area contributed by atoms with Gasteiger partial charge in [0, 0.05) is 19.6 Å². The van der Waals surface area contributed by atoms with Gasteiger partial charge in [0.25, 0.3) is 0 Å². The van der Waals surface area contributed by atoms with Crippen LogP contribution in [0.25, 0.3) is 0 Å². The topological polar surface area (TPSA) is 38.7 Å². The summed E-state index contributed by atoms with van der Waals surface area (Å²) in [4.78, 5) is 0. The average Bonchev–Trinajstić information content (AvgIpc) is 3.19. The van der Waals surface area contributed by atoms with Crippen molar-refractivity contribution in [2.45, 2.75) is 44.8 Å². The molecule has 1 aromatic rings. The lowest BCUT2D eigenvalue weighted by Crippen LogP contribution is -2.04. The summed E-state index contributed by atoms with van der Waals surface area (Å²) in [5.41, 5.74) is 0.910. The first-order valence-electron chi connectivity index (χ1n) is 6.82. The van der Waals surface area contributed by atoms with Crippen LogP contribution in [0.5, 0.6) is 5.75 Å². The minimum Gasteiger partial charge on any atom is -0.490 e. The number of benzene rings is 1. The fourth-order valence-electron chi connectivity index (χ4n) is 1.78. The maximum atomic E-state index is 10.1. The minimum absolute atomic E-state index is 0.394. The summed E-state index contributed by atoms with van der Waals surface area (Å²) >= 11 is 0. The first-order valence-corrected chi connectivity index (χ1v) is 6.82. The Morgan fingerprint density at radius 2 is 2.17 bits per heavy atom. The maximum absolute atomic E-state index is 10.1. The van der Waals surface area contributed by atoms with Gasteiger partial charge in [0.1, 0.15) is 5.75 Å². The first-order chi connectivity index (χ1) is 8.79. The van der Waals surface area contributed by atoms with Gasteiger partial charge >= 0.3 is 0 Å². The van der Waals surface area contributed by atoms with Crippen molar-refractivity contribution in [3.63, 3.8) is 0 Å². The smallest absolute Gasteiger partial charge is 0.120 e. The predicted molar refractivity (Wildman–Crippen MR) is 70.8 cm³/mol. The van der Waals surface area contributed by atoms with Crippen LogP contribution < -0.4 is 4.74 Å². The van der Waals surface area contributed by atoms with E-state index in [1.807, 2.05) is 24.3 Å². The second-order valence-corrected chi connectivity index (χ2v) is 4.81. The second-order valence-electron chi connectivity index (χ2n) is 4.81. The molecule has 0 aliphatic heterocycles. The van der Waals surface area contributed by atoms with E-state index in [9.17, 15) is 5.11 Å². The number of hydrogen-bond acceptors (Lipinski definition) is 3. The molecule has 2 rings (SSSR count).